The molecule has 0 amide bonds. The molecule has 2 heterocycles. The zero-order valence-corrected chi connectivity index (χ0v) is 12.2. The van der Waals surface area contributed by atoms with Crippen molar-refractivity contribution in [1.29, 1.82) is 0 Å². The molecule has 1 fully saturated rings. The van der Waals surface area contributed by atoms with Gasteiger partial charge in [-0.25, -0.2) is 0 Å². The Kier molecular flexibility index (Phi) is 3.68. The summed E-state index contributed by atoms with van der Waals surface area (Å²) in [5.74, 6) is 0. The lowest BCUT2D eigenvalue weighted by Gasteiger charge is -2.38. The summed E-state index contributed by atoms with van der Waals surface area (Å²) < 4.78 is 1.45. The van der Waals surface area contributed by atoms with Gasteiger partial charge in [-0.15, -0.1) is 0 Å². The van der Waals surface area contributed by atoms with Gasteiger partial charge in [-0.2, -0.15) is 0 Å². The Morgan fingerprint density at radius 1 is 1.35 bits per heavy atom. The standard InChI is InChI=1S/C14H19IN2/c15-14-5-1-3-11-10-17(8-6-13(11)14)12-4-2-7-16-9-12/h1,3,5,12,16H,2,4,6-10H2. The molecule has 1 unspecified atom stereocenters. The van der Waals surface area contributed by atoms with Crippen LogP contribution in [0.25, 0.3) is 0 Å². The van der Waals surface area contributed by atoms with Crippen LogP contribution in [0.1, 0.15) is 24.0 Å². The number of benzene rings is 1. The predicted molar refractivity (Wildman–Crippen MR) is 79.2 cm³/mol. The van der Waals surface area contributed by atoms with Crippen LogP contribution in [0, 0.1) is 3.57 Å². The van der Waals surface area contributed by atoms with Crippen molar-refractivity contribution in [3.8, 4) is 0 Å². The highest BCUT2D eigenvalue weighted by Crippen LogP contribution is 2.26. The molecule has 0 saturated carbocycles. The van der Waals surface area contributed by atoms with Crippen LogP contribution in [0.4, 0.5) is 0 Å². The van der Waals surface area contributed by atoms with Gasteiger partial charge in [0.15, 0.2) is 0 Å². The average Bonchev–Trinajstić information content (AvgIpc) is 2.40. The van der Waals surface area contributed by atoms with Gasteiger partial charge in [0.1, 0.15) is 0 Å². The first kappa shape index (κ1) is 11.9. The van der Waals surface area contributed by atoms with E-state index in [-0.39, 0.29) is 0 Å². The van der Waals surface area contributed by atoms with Gasteiger partial charge in [-0.3, -0.25) is 4.90 Å². The van der Waals surface area contributed by atoms with E-state index in [0.717, 1.165) is 12.6 Å². The highest BCUT2D eigenvalue weighted by atomic mass is 127. The van der Waals surface area contributed by atoms with Gasteiger partial charge in [-0.1, -0.05) is 12.1 Å². The topological polar surface area (TPSA) is 15.3 Å². The van der Waals surface area contributed by atoms with Gasteiger partial charge in [0.25, 0.3) is 0 Å². The fourth-order valence-electron chi connectivity index (χ4n) is 3.04. The molecule has 3 rings (SSSR count). The number of rotatable bonds is 1. The SMILES string of the molecule is Ic1cccc2c1CCN(C1CCCNC1)C2. The van der Waals surface area contributed by atoms with Crippen LogP contribution in [0.5, 0.6) is 0 Å². The maximum atomic E-state index is 3.52. The van der Waals surface area contributed by atoms with Gasteiger partial charge in [0.2, 0.25) is 0 Å². The van der Waals surface area contributed by atoms with Crippen LogP contribution in [0.3, 0.4) is 0 Å². The third-order valence-electron chi connectivity index (χ3n) is 4.03. The van der Waals surface area contributed by atoms with E-state index in [2.05, 4.69) is 51.0 Å². The van der Waals surface area contributed by atoms with E-state index in [1.807, 2.05) is 0 Å². The number of nitrogens with one attached hydrogen (secondary N) is 1. The largest absolute Gasteiger partial charge is 0.315 e. The average molecular weight is 342 g/mol. The fraction of sp³-hybridized carbons (Fsp3) is 0.571. The van der Waals surface area contributed by atoms with Crippen molar-refractivity contribution >= 4 is 22.6 Å². The maximum Gasteiger partial charge on any atom is 0.0240 e. The molecule has 2 aliphatic heterocycles. The van der Waals surface area contributed by atoms with Crippen molar-refractivity contribution in [2.45, 2.75) is 31.8 Å². The lowest BCUT2D eigenvalue weighted by Crippen LogP contribution is -2.47. The van der Waals surface area contributed by atoms with E-state index in [1.165, 1.54) is 42.5 Å². The Morgan fingerprint density at radius 3 is 3.12 bits per heavy atom. The first-order chi connectivity index (χ1) is 8.34. The molecule has 92 valence electrons. The van der Waals surface area contributed by atoms with Gasteiger partial charge >= 0.3 is 0 Å². The molecule has 17 heavy (non-hydrogen) atoms. The Morgan fingerprint density at radius 2 is 2.29 bits per heavy atom. The number of hydrogen-bond acceptors (Lipinski definition) is 2. The van der Waals surface area contributed by atoms with Crippen LogP contribution in [-0.2, 0) is 13.0 Å². The third-order valence-corrected chi connectivity index (χ3v) is 5.04. The molecule has 1 aromatic carbocycles. The monoisotopic (exact) mass is 342 g/mol. The molecule has 1 atom stereocenters. The van der Waals surface area contributed by atoms with E-state index >= 15 is 0 Å². The van der Waals surface area contributed by atoms with Crippen LogP contribution >= 0.6 is 22.6 Å². The Labute approximate surface area is 117 Å². The first-order valence-electron chi connectivity index (χ1n) is 6.55. The smallest absolute Gasteiger partial charge is 0.0240 e. The lowest BCUT2D eigenvalue weighted by atomic mass is 9.96. The number of hydrogen-bond donors (Lipinski definition) is 1. The molecule has 1 N–H and O–H groups in total. The van der Waals surface area contributed by atoms with Crippen molar-refractivity contribution in [2.24, 2.45) is 0 Å². The van der Waals surface area contributed by atoms with E-state index < -0.39 is 0 Å². The summed E-state index contributed by atoms with van der Waals surface area (Å²) in [6, 6.07) is 7.50. The molecule has 0 spiro atoms. The van der Waals surface area contributed by atoms with Gasteiger partial charge in [-0.05, 0) is 65.6 Å². The Balaban J connectivity index is 1.76. The highest BCUT2D eigenvalue weighted by molar-refractivity contribution is 14.1. The summed E-state index contributed by atoms with van der Waals surface area (Å²) in [5.41, 5.74) is 3.14. The number of nitrogens with zero attached hydrogens (tertiary/aromatic N) is 1. The van der Waals surface area contributed by atoms with Crippen LogP contribution in [0.15, 0.2) is 18.2 Å². The molecule has 2 aliphatic rings. The zero-order valence-electron chi connectivity index (χ0n) is 10.1. The molecule has 1 saturated heterocycles. The molecule has 1 aromatic rings. The van der Waals surface area contributed by atoms with Gasteiger partial charge < -0.3 is 5.32 Å². The van der Waals surface area contributed by atoms with E-state index in [9.17, 15) is 0 Å². The molecule has 0 radical (unpaired) electrons. The second-order valence-corrected chi connectivity index (χ2v) is 6.26. The minimum atomic E-state index is 0.759. The normalized spacial score (nSPS) is 25.6. The fourth-order valence-corrected chi connectivity index (χ4v) is 3.87. The minimum absolute atomic E-state index is 0.759. The van der Waals surface area contributed by atoms with Crippen molar-refractivity contribution < 1.29 is 0 Å². The number of fused-ring (bicyclic) bond motifs is 1. The molecule has 0 aliphatic carbocycles. The number of piperidine rings is 1. The van der Waals surface area contributed by atoms with Crippen LogP contribution in [0.2, 0.25) is 0 Å². The Bertz CT molecular complexity index is 399. The summed E-state index contributed by atoms with van der Waals surface area (Å²) in [6.45, 7) is 4.77. The minimum Gasteiger partial charge on any atom is -0.315 e. The summed E-state index contributed by atoms with van der Waals surface area (Å²) >= 11 is 2.47. The molecular weight excluding hydrogens is 323 g/mol. The molecular formula is C14H19IN2. The zero-order chi connectivity index (χ0) is 11.7. The van der Waals surface area contributed by atoms with E-state index in [4.69, 9.17) is 0 Å². The van der Waals surface area contributed by atoms with Crippen molar-refractivity contribution in [3.05, 3.63) is 32.9 Å². The second-order valence-electron chi connectivity index (χ2n) is 5.10. The van der Waals surface area contributed by atoms with Crippen molar-refractivity contribution in [3.63, 3.8) is 0 Å². The molecule has 3 heteroatoms. The predicted octanol–water partition coefficient (Wildman–Crippen LogP) is 2.40. The number of halogens is 1. The maximum absolute atomic E-state index is 3.52. The molecule has 2 nitrogen and oxygen atoms in total. The first-order valence-corrected chi connectivity index (χ1v) is 7.63. The van der Waals surface area contributed by atoms with Crippen molar-refractivity contribution in [1.82, 2.24) is 10.2 Å². The van der Waals surface area contributed by atoms with Crippen molar-refractivity contribution in [2.75, 3.05) is 19.6 Å². The summed E-state index contributed by atoms with van der Waals surface area (Å²) in [7, 11) is 0. The molecule has 0 bridgehead atoms. The summed E-state index contributed by atoms with van der Waals surface area (Å²) in [6.07, 6.45) is 3.93. The lowest BCUT2D eigenvalue weighted by molar-refractivity contribution is 0.150. The Hall–Kier alpha value is -0.130. The van der Waals surface area contributed by atoms with Crippen LogP contribution < -0.4 is 5.32 Å². The summed E-state index contributed by atoms with van der Waals surface area (Å²) in [4.78, 5) is 2.67. The van der Waals surface area contributed by atoms with Gasteiger partial charge in [0, 0.05) is 29.2 Å². The van der Waals surface area contributed by atoms with Crippen LogP contribution in [-0.4, -0.2) is 30.6 Å². The van der Waals surface area contributed by atoms with Gasteiger partial charge in [0.05, 0.1) is 0 Å². The summed E-state index contributed by atoms with van der Waals surface area (Å²) in [5, 5.41) is 3.52. The van der Waals surface area contributed by atoms with E-state index in [1.54, 1.807) is 11.1 Å². The third kappa shape index (κ3) is 2.51. The molecule has 0 aromatic heterocycles. The van der Waals surface area contributed by atoms with E-state index in [0.29, 0.717) is 0 Å². The second kappa shape index (κ2) is 5.24. The highest BCUT2D eigenvalue weighted by Gasteiger charge is 2.25. The quantitative estimate of drug-likeness (QED) is 0.789.